The van der Waals surface area contributed by atoms with Crippen molar-refractivity contribution in [2.45, 2.75) is 13.0 Å². The van der Waals surface area contributed by atoms with Crippen LogP contribution in [0.1, 0.15) is 24.1 Å². The Labute approximate surface area is 137 Å². The molecule has 2 rings (SSSR count). The summed E-state index contributed by atoms with van der Waals surface area (Å²) in [6.45, 7) is 1.54. The summed E-state index contributed by atoms with van der Waals surface area (Å²) in [5.74, 6) is -1.85. The van der Waals surface area contributed by atoms with Gasteiger partial charge in [0.05, 0.1) is 17.3 Å². The van der Waals surface area contributed by atoms with Crippen molar-refractivity contribution >= 4 is 11.7 Å². The van der Waals surface area contributed by atoms with Gasteiger partial charge >= 0.3 is 6.03 Å². The SMILES string of the molecule is CC(c1cc(F)ccc1F)N(C)C(=O)Nc1ccc(F)cc1C#N. The fraction of sp³-hybridized carbons (Fsp3) is 0.176. The Bertz CT molecular complexity index is 817. The molecule has 0 aliphatic heterocycles. The topological polar surface area (TPSA) is 56.1 Å². The monoisotopic (exact) mass is 333 g/mol. The Morgan fingerprint density at radius 1 is 1.17 bits per heavy atom. The average Bonchev–Trinajstić information content (AvgIpc) is 2.57. The number of carbonyl (C=O) groups excluding carboxylic acids is 1. The normalized spacial score (nSPS) is 11.5. The number of halogens is 3. The van der Waals surface area contributed by atoms with Crippen LogP contribution in [0.15, 0.2) is 36.4 Å². The molecule has 2 aromatic carbocycles. The second-order valence-electron chi connectivity index (χ2n) is 5.18. The van der Waals surface area contributed by atoms with E-state index >= 15 is 0 Å². The van der Waals surface area contributed by atoms with Gasteiger partial charge in [-0.2, -0.15) is 5.26 Å². The predicted octanol–water partition coefficient (Wildman–Crippen LogP) is 4.20. The number of nitrogens with zero attached hydrogens (tertiary/aromatic N) is 2. The van der Waals surface area contributed by atoms with Crippen LogP contribution in [-0.4, -0.2) is 18.0 Å². The first-order valence-corrected chi connectivity index (χ1v) is 7.02. The fourth-order valence-electron chi connectivity index (χ4n) is 2.14. The molecule has 0 saturated carbocycles. The number of hydrogen-bond acceptors (Lipinski definition) is 2. The summed E-state index contributed by atoms with van der Waals surface area (Å²) in [5.41, 5.74) is 0.108. The summed E-state index contributed by atoms with van der Waals surface area (Å²) >= 11 is 0. The van der Waals surface area contributed by atoms with Crippen LogP contribution in [0.2, 0.25) is 0 Å². The van der Waals surface area contributed by atoms with E-state index in [0.717, 1.165) is 35.2 Å². The molecule has 0 radical (unpaired) electrons. The molecule has 0 heterocycles. The third kappa shape index (κ3) is 3.66. The minimum Gasteiger partial charge on any atom is -0.321 e. The zero-order chi connectivity index (χ0) is 17.9. The molecule has 0 aliphatic carbocycles. The van der Waals surface area contributed by atoms with Crippen LogP contribution >= 0.6 is 0 Å². The van der Waals surface area contributed by atoms with Crippen molar-refractivity contribution < 1.29 is 18.0 Å². The number of nitriles is 1. The summed E-state index contributed by atoms with van der Waals surface area (Å²) in [6, 6.07) is 6.72. The lowest BCUT2D eigenvalue weighted by atomic mass is 10.1. The lowest BCUT2D eigenvalue weighted by Gasteiger charge is -2.26. The Morgan fingerprint density at radius 3 is 2.46 bits per heavy atom. The quantitative estimate of drug-likeness (QED) is 0.915. The molecule has 1 atom stereocenters. The molecule has 1 N–H and O–H groups in total. The number of hydrogen-bond donors (Lipinski definition) is 1. The van der Waals surface area contributed by atoms with Gasteiger partial charge in [0.2, 0.25) is 0 Å². The standard InChI is InChI=1S/C17H14F3N3O/c1-10(14-8-13(19)3-5-15(14)20)23(2)17(24)22-16-6-4-12(18)7-11(16)9-21/h3-8,10H,1-2H3,(H,22,24). The van der Waals surface area contributed by atoms with Gasteiger partial charge < -0.3 is 10.2 Å². The zero-order valence-electron chi connectivity index (χ0n) is 13.0. The molecule has 0 bridgehead atoms. The van der Waals surface area contributed by atoms with E-state index in [1.807, 2.05) is 0 Å². The van der Waals surface area contributed by atoms with Crippen LogP contribution in [0.3, 0.4) is 0 Å². The highest BCUT2D eigenvalue weighted by molar-refractivity contribution is 5.90. The molecule has 2 aromatic rings. The molecular formula is C17H14F3N3O. The van der Waals surface area contributed by atoms with E-state index in [-0.39, 0.29) is 16.8 Å². The second kappa shape index (κ2) is 7.04. The maximum atomic E-state index is 13.8. The molecule has 0 fully saturated rings. The van der Waals surface area contributed by atoms with E-state index < -0.39 is 29.5 Å². The third-order valence-electron chi connectivity index (χ3n) is 3.65. The smallest absolute Gasteiger partial charge is 0.321 e. The summed E-state index contributed by atoms with van der Waals surface area (Å²) < 4.78 is 40.2. The number of nitrogens with one attached hydrogen (secondary N) is 1. The van der Waals surface area contributed by atoms with Gasteiger partial charge in [-0.1, -0.05) is 0 Å². The maximum Gasteiger partial charge on any atom is 0.322 e. The van der Waals surface area contributed by atoms with E-state index in [2.05, 4.69) is 5.32 Å². The largest absolute Gasteiger partial charge is 0.322 e. The van der Waals surface area contributed by atoms with E-state index in [1.165, 1.54) is 20.0 Å². The number of carbonyl (C=O) groups is 1. The number of anilines is 1. The number of amides is 2. The third-order valence-corrected chi connectivity index (χ3v) is 3.65. The highest BCUT2D eigenvalue weighted by atomic mass is 19.1. The molecule has 4 nitrogen and oxygen atoms in total. The Balaban J connectivity index is 2.21. The Morgan fingerprint density at radius 2 is 1.79 bits per heavy atom. The molecule has 124 valence electrons. The number of benzene rings is 2. The molecule has 0 aliphatic rings. The van der Waals surface area contributed by atoms with Crippen molar-refractivity contribution in [2.75, 3.05) is 12.4 Å². The summed E-state index contributed by atoms with van der Waals surface area (Å²) in [6.07, 6.45) is 0. The van der Waals surface area contributed by atoms with Crippen LogP contribution in [0.5, 0.6) is 0 Å². The van der Waals surface area contributed by atoms with Gasteiger partial charge in [-0.05, 0) is 43.3 Å². The molecule has 0 saturated heterocycles. The molecule has 24 heavy (non-hydrogen) atoms. The molecular weight excluding hydrogens is 319 g/mol. The summed E-state index contributed by atoms with van der Waals surface area (Å²) in [5, 5.41) is 11.4. The maximum absolute atomic E-state index is 13.8. The minimum atomic E-state index is -0.758. The molecule has 0 spiro atoms. The van der Waals surface area contributed by atoms with Gasteiger partial charge in [-0.25, -0.2) is 18.0 Å². The van der Waals surface area contributed by atoms with E-state index in [9.17, 15) is 18.0 Å². The van der Waals surface area contributed by atoms with Gasteiger partial charge in [0.25, 0.3) is 0 Å². The highest BCUT2D eigenvalue weighted by Crippen LogP contribution is 2.24. The van der Waals surface area contributed by atoms with Crippen molar-refractivity contribution in [3.05, 3.63) is 65.0 Å². The van der Waals surface area contributed by atoms with Crippen LogP contribution in [0, 0.1) is 28.8 Å². The van der Waals surface area contributed by atoms with Gasteiger partial charge in [0.15, 0.2) is 0 Å². The van der Waals surface area contributed by atoms with Crippen LogP contribution < -0.4 is 5.32 Å². The lowest BCUT2D eigenvalue weighted by molar-refractivity contribution is 0.207. The van der Waals surface area contributed by atoms with Crippen LogP contribution in [-0.2, 0) is 0 Å². The van der Waals surface area contributed by atoms with Crippen molar-refractivity contribution in [2.24, 2.45) is 0 Å². The Kier molecular flexibility index (Phi) is 5.09. The fourth-order valence-corrected chi connectivity index (χ4v) is 2.14. The first kappa shape index (κ1) is 17.3. The number of urea groups is 1. The van der Waals surface area contributed by atoms with Gasteiger partial charge in [-0.3, -0.25) is 0 Å². The second-order valence-corrected chi connectivity index (χ2v) is 5.18. The summed E-state index contributed by atoms with van der Waals surface area (Å²) in [7, 11) is 1.40. The van der Waals surface area contributed by atoms with Crippen molar-refractivity contribution in [3.8, 4) is 6.07 Å². The first-order valence-electron chi connectivity index (χ1n) is 7.02. The first-order chi connectivity index (χ1) is 11.3. The summed E-state index contributed by atoms with van der Waals surface area (Å²) in [4.78, 5) is 13.4. The van der Waals surface area contributed by atoms with Crippen LogP contribution in [0.4, 0.5) is 23.7 Å². The van der Waals surface area contributed by atoms with Gasteiger partial charge in [-0.15, -0.1) is 0 Å². The van der Waals surface area contributed by atoms with E-state index in [1.54, 1.807) is 6.07 Å². The predicted molar refractivity (Wildman–Crippen MR) is 82.7 cm³/mol. The molecule has 7 heteroatoms. The Hall–Kier alpha value is -3.01. The van der Waals surface area contributed by atoms with Crippen LogP contribution in [0.25, 0.3) is 0 Å². The minimum absolute atomic E-state index is 0.0206. The molecule has 1 unspecified atom stereocenters. The van der Waals surface area contributed by atoms with Crippen molar-refractivity contribution in [1.29, 1.82) is 5.26 Å². The van der Waals surface area contributed by atoms with E-state index in [0.29, 0.717) is 0 Å². The number of rotatable bonds is 3. The lowest BCUT2D eigenvalue weighted by Crippen LogP contribution is -2.34. The zero-order valence-corrected chi connectivity index (χ0v) is 13.0. The average molecular weight is 333 g/mol. The van der Waals surface area contributed by atoms with Gasteiger partial charge in [0, 0.05) is 12.6 Å². The highest BCUT2D eigenvalue weighted by Gasteiger charge is 2.21. The van der Waals surface area contributed by atoms with Crippen molar-refractivity contribution in [3.63, 3.8) is 0 Å². The van der Waals surface area contributed by atoms with E-state index in [4.69, 9.17) is 5.26 Å². The molecule has 2 amide bonds. The van der Waals surface area contributed by atoms with Gasteiger partial charge in [0.1, 0.15) is 23.5 Å². The molecule has 0 aromatic heterocycles. The van der Waals surface area contributed by atoms with Crippen molar-refractivity contribution in [1.82, 2.24) is 4.90 Å².